The molecule has 1 heterocycles. The van der Waals surface area contributed by atoms with E-state index in [0.717, 1.165) is 64.5 Å². The predicted molar refractivity (Wildman–Crippen MR) is 230 cm³/mol. The van der Waals surface area contributed by atoms with E-state index >= 15 is 0 Å². The number of fused-ring (bicyclic) bond motifs is 3. The van der Waals surface area contributed by atoms with E-state index in [1.807, 2.05) is 48.5 Å². The van der Waals surface area contributed by atoms with Crippen LogP contribution in [0.25, 0.3) is 10.8 Å². The molecule has 1 fully saturated rings. The smallest absolute Gasteiger partial charge is 0.410 e. The fourth-order valence-corrected chi connectivity index (χ4v) is 9.77. The number of unbranched alkanes of at least 4 members (excludes halogenated alkanes) is 2. The molecule has 2 aliphatic carbocycles. The van der Waals surface area contributed by atoms with Gasteiger partial charge in [-0.05, 0) is 115 Å². The Balaban J connectivity index is 1.45. The Morgan fingerprint density at radius 1 is 0.932 bits per heavy atom. The third-order valence-corrected chi connectivity index (χ3v) is 12.6. The Morgan fingerprint density at radius 2 is 1.68 bits per heavy atom. The summed E-state index contributed by atoms with van der Waals surface area (Å²) in [5.74, 6) is 0.208. The Hall–Kier alpha value is -5.16. The Labute approximate surface area is 348 Å². The van der Waals surface area contributed by atoms with Gasteiger partial charge in [0, 0.05) is 31.1 Å². The summed E-state index contributed by atoms with van der Waals surface area (Å²) < 4.78 is 26.6. The van der Waals surface area contributed by atoms with Crippen LogP contribution in [0.3, 0.4) is 0 Å². The van der Waals surface area contributed by atoms with Crippen molar-refractivity contribution in [1.82, 2.24) is 4.90 Å². The Morgan fingerprint density at radius 3 is 2.42 bits per heavy atom. The predicted octanol–water partition coefficient (Wildman–Crippen LogP) is 9.78. The highest BCUT2D eigenvalue weighted by molar-refractivity contribution is 6.03. The summed E-state index contributed by atoms with van der Waals surface area (Å²) in [6.45, 7) is 8.80. The molecule has 3 aliphatic rings. The quantitative estimate of drug-likeness (QED) is 0.0616. The number of aryl methyl sites for hydroxylation is 2. The van der Waals surface area contributed by atoms with E-state index in [2.05, 4.69) is 56.8 Å². The van der Waals surface area contributed by atoms with E-state index in [1.165, 1.54) is 12.7 Å². The lowest BCUT2D eigenvalue weighted by Crippen LogP contribution is -2.70. The Bertz CT molecular complexity index is 2180. The number of aliphatic hydroxyl groups excluding tert-OH is 2. The largest absolute Gasteiger partial charge is 0.459 e. The third kappa shape index (κ3) is 8.49. The molecule has 0 aromatic heterocycles. The molecular formula is C49H58N2O8. The summed E-state index contributed by atoms with van der Waals surface area (Å²) in [6, 6.07) is 25.6. The van der Waals surface area contributed by atoms with Gasteiger partial charge in [0.25, 0.3) is 0 Å². The van der Waals surface area contributed by atoms with Crippen LogP contribution >= 0.6 is 0 Å². The van der Waals surface area contributed by atoms with Gasteiger partial charge in [-0.2, -0.15) is 0 Å². The maximum Gasteiger partial charge on any atom is 0.410 e. The first-order valence-electron chi connectivity index (χ1n) is 20.9. The number of benzene rings is 4. The molecule has 10 nitrogen and oxygen atoms in total. The fraction of sp³-hybridized carbons (Fsp3) is 0.429. The van der Waals surface area contributed by atoms with Gasteiger partial charge in [-0.1, -0.05) is 78.7 Å². The van der Waals surface area contributed by atoms with Crippen LogP contribution in [0.4, 0.5) is 4.79 Å². The molecule has 4 aromatic carbocycles. The molecule has 1 aliphatic heterocycles. The Kier molecular flexibility index (Phi) is 13.4. The van der Waals surface area contributed by atoms with Gasteiger partial charge in [0.15, 0.2) is 0 Å². The fourth-order valence-electron chi connectivity index (χ4n) is 9.77. The number of nitrogens with zero attached hydrogens (tertiary/aromatic N) is 2. The van der Waals surface area contributed by atoms with E-state index in [0.29, 0.717) is 30.1 Å². The second-order valence-electron chi connectivity index (χ2n) is 16.0. The molecule has 1 amide bonds. The molecule has 4 aromatic rings. The molecular weight excluding hydrogens is 745 g/mol. The van der Waals surface area contributed by atoms with Gasteiger partial charge >= 0.3 is 6.09 Å². The first kappa shape index (κ1) is 42.0. The molecule has 0 radical (unpaired) electrons. The van der Waals surface area contributed by atoms with Crippen LogP contribution in [0.5, 0.6) is 17.2 Å². The topological polar surface area (TPSA) is 119 Å². The molecule has 1 saturated carbocycles. The zero-order chi connectivity index (χ0) is 41.5. The van der Waals surface area contributed by atoms with Gasteiger partial charge in [-0.15, -0.1) is 6.58 Å². The first-order chi connectivity index (χ1) is 28.8. The number of allylic oxidation sites excluding steroid dienone is 1. The van der Waals surface area contributed by atoms with Gasteiger partial charge in [0.1, 0.15) is 30.4 Å². The van der Waals surface area contributed by atoms with E-state index in [-0.39, 0.29) is 50.5 Å². The third-order valence-electron chi connectivity index (χ3n) is 12.6. The monoisotopic (exact) mass is 802 g/mol. The second kappa shape index (κ2) is 18.8. The molecule has 0 spiro atoms. The number of carbonyl (C=O) groups excluding carboxylic acids is 1. The minimum atomic E-state index is -1.41. The molecule has 6 unspecified atom stereocenters. The van der Waals surface area contributed by atoms with E-state index in [9.17, 15) is 15.0 Å². The highest BCUT2D eigenvalue weighted by Gasteiger charge is 2.65. The van der Waals surface area contributed by atoms with Crippen molar-refractivity contribution >= 4 is 22.6 Å². The molecule has 10 heteroatoms. The summed E-state index contributed by atoms with van der Waals surface area (Å²) >= 11 is 0. The first-order valence-corrected chi connectivity index (χ1v) is 20.9. The maximum atomic E-state index is 14.3. The number of rotatable bonds is 17. The number of hydrogen-bond acceptors (Lipinski definition) is 9. The van der Waals surface area contributed by atoms with E-state index in [1.54, 1.807) is 18.1 Å². The number of hydrogen-bond donors (Lipinski definition) is 2. The SMILES string of the molecule is C=CCOC12Oc3ccc(Oc4ccc(C)c(C)c4)cc3C3C(CCCCO)C(CCCCO)C=C(C(=NOC)CC1N(Cc1cccc4ccccc14)C(=O)OC)C32. The zero-order valence-electron chi connectivity index (χ0n) is 34.8. The molecule has 7 rings (SSSR count). The number of carbonyl (C=O) groups is 1. The van der Waals surface area contributed by atoms with Crippen LogP contribution in [0.1, 0.15) is 73.1 Å². The van der Waals surface area contributed by atoms with Crippen molar-refractivity contribution in [2.75, 3.05) is 34.0 Å². The van der Waals surface area contributed by atoms with Gasteiger partial charge in [-0.3, -0.25) is 4.90 Å². The van der Waals surface area contributed by atoms with Crippen molar-refractivity contribution in [3.8, 4) is 17.2 Å². The second-order valence-corrected chi connectivity index (χ2v) is 16.0. The molecule has 2 N–H and O–H groups in total. The average molecular weight is 803 g/mol. The van der Waals surface area contributed by atoms with Gasteiger partial charge < -0.3 is 34.0 Å². The standard InChI is InChI=1S/C49H58N2O8/c1-6-26-57-49-45(51(48(54)55-4)31-36-17-13-16-34-14-7-8-18-39(34)36)30-43(50-56-5)41-28-35(15-9-11-24-52)40(19-10-12-25-53)46(47(41)49)42-29-38(22-23-44(42)59-49)58-37-21-20-32(2)33(3)27-37/h6-8,13-14,16-18,20-23,27-29,35,40,45-47,52-53H,1,9-12,15,19,24-26,30-31H2,2-5H3. The molecule has 0 saturated heterocycles. The van der Waals surface area contributed by atoms with E-state index in [4.69, 9.17) is 28.9 Å². The van der Waals surface area contributed by atoms with Gasteiger partial charge in [0.2, 0.25) is 5.79 Å². The van der Waals surface area contributed by atoms with Crippen LogP contribution in [0, 0.1) is 31.6 Å². The number of methoxy groups -OCH3 is 1. The normalized spacial score (nSPS) is 23.7. The molecule has 59 heavy (non-hydrogen) atoms. The minimum absolute atomic E-state index is 0.0763. The van der Waals surface area contributed by atoms with Crippen molar-refractivity contribution in [1.29, 1.82) is 0 Å². The lowest BCUT2D eigenvalue weighted by atomic mass is 9.55. The van der Waals surface area contributed by atoms with Crippen molar-refractivity contribution in [3.05, 3.63) is 125 Å². The number of amides is 1. The molecule has 6 atom stereocenters. The van der Waals surface area contributed by atoms with Crippen molar-refractivity contribution in [2.24, 2.45) is 22.9 Å². The van der Waals surface area contributed by atoms with Crippen molar-refractivity contribution < 1.29 is 38.8 Å². The van der Waals surface area contributed by atoms with Gasteiger partial charge in [0.05, 0.1) is 31.9 Å². The lowest BCUT2D eigenvalue weighted by Gasteiger charge is -2.59. The van der Waals surface area contributed by atoms with Crippen LogP contribution in [0.2, 0.25) is 0 Å². The lowest BCUT2D eigenvalue weighted by molar-refractivity contribution is -0.256. The average Bonchev–Trinajstić information content (AvgIpc) is 3.25. The van der Waals surface area contributed by atoms with Crippen molar-refractivity contribution in [3.63, 3.8) is 0 Å². The van der Waals surface area contributed by atoms with Crippen LogP contribution in [0.15, 0.2) is 108 Å². The molecule has 0 bridgehead atoms. The minimum Gasteiger partial charge on any atom is -0.459 e. The number of aliphatic hydroxyl groups is 2. The maximum absolute atomic E-state index is 14.3. The highest BCUT2D eigenvalue weighted by atomic mass is 16.7. The summed E-state index contributed by atoms with van der Waals surface area (Å²) in [7, 11) is 2.95. The van der Waals surface area contributed by atoms with E-state index < -0.39 is 23.8 Å². The summed E-state index contributed by atoms with van der Waals surface area (Å²) in [6.07, 6.45) is 8.50. The summed E-state index contributed by atoms with van der Waals surface area (Å²) in [5, 5.41) is 26.6. The summed E-state index contributed by atoms with van der Waals surface area (Å²) in [5.41, 5.74) is 5.94. The van der Waals surface area contributed by atoms with Crippen LogP contribution in [-0.2, 0) is 20.9 Å². The van der Waals surface area contributed by atoms with Crippen LogP contribution < -0.4 is 9.47 Å². The van der Waals surface area contributed by atoms with Crippen LogP contribution in [-0.4, -0.2) is 72.8 Å². The van der Waals surface area contributed by atoms with Gasteiger partial charge in [-0.25, -0.2) is 4.79 Å². The summed E-state index contributed by atoms with van der Waals surface area (Å²) in [4.78, 5) is 21.7. The zero-order valence-corrected chi connectivity index (χ0v) is 34.8. The number of oxime groups is 1. The van der Waals surface area contributed by atoms with Crippen molar-refractivity contribution in [2.45, 2.75) is 83.1 Å². The number of ether oxygens (including phenoxy) is 4. The highest BCUT2D eigenvalue weighted by Crippen LogP contribution is 2.62. The molecule has 312 valence electrons.